The Hall–Kier alpha value is -2.01. The zero-order valence-electron chi connectivity index (χ0n) is 16.3. The van der Waals surface area contributed by atoms with Gasteiger partial charge in [-0.05, 0) is 23.8 Å². The number of methoxy groups -OCH3 is 1. The molecule has 0 bridgehead atoms. The number of ether oxygens (including phenoxy) is 2. The van der Waals surface area contributed by atoms with E-state index in [9.17, 15) is 13.2 Å². The molecular formula is C20H25F3IN3O2. The average Bonchev–Trinajstić information content (AvgIpc) is 2.70. The minimum Gasteiger partial charge on any atom is -0.496 e. The van der Waals surface area contributed by atoms with Crippen molar-refractivity contribution in [2.45, 2.75) is 19.3 Å². The smallest absolute Gasteiger partial charge is 0.416 e. The summed E-state index contributed by atoms with van der Waals surface area (Å²) in [6, 6.07) is 12.8. The number of nitrogens with one attached hydrogen (secondary N) is 2. The van der Waals surface area contributed by atoms with Gasteiger partial charge in [0.25, 0.3) is 0 Å². The van der Waals surface area contributed by atoms with Gasteiger partial charge in [-0.2, -0.15) is 13.2 Å². The quantitative estimate of drug-likeness (QED) is 0.236. The molecule has 2 aromatic rings. The molecule has 160 valence electrons. The summed E-state index contributed by atoms with van der Waals surface area (Å²) >= 11 is 0. The molecule has 0 aliphatic rings. The number of aliphatic imine (C=N–C) groups is 1. The van der Waals surface area contributed by atoms with E-state index in [0.29, 0.717) is 31.3 Å². The van der Waals surface area contributed by atoms with Gasteiger partial charge in [0.1, 0.15) is 5.75 Å². The number of hydrogen-bond donors (Lipinski definition) is 2. The molecule has 0 fully saturated rings. The molecule has 0 spiro atoms. The standard InChI is InChI=1S/C20H24F3N3O2.HI/c1-24-19(26-13-15-6-5-8-17(12-15)20(21,22)23)25-10-11-28-14-16-7-3-4-9-18(16)27-2;/h3-9,12H,10-11,13-14H2,1-2H3,(H2,24,25,26);1H. The molecule has 0 amide bonds. The lowest BCUT2D eigenvalue weighted by Crippen LogP contribution is -2.38. The summed E-state index contributed by atoms with van der Waals surface area (Å²) in [4.78, 5) is 4.05. The number of hydrogen-bond acceptors (Lipinski definition) is 3. The van der Waals surface area contributed by atoms with E-state index in [1.54, 1.807) is 20.2 Å². The van der Waals surface area contributed by atoms with Crippen molar-refractivity contribution in [3.63, 3.8) is 0 Å². The van der Waals surface area contributed by atoms with E-state index < -0.39 is 11.7 Å². The maximum atomic E-state index is 12.8. The molecule has 2 rings (SSSR count). The van der Waals surface area contributed by atoms with E-state index in [-0.39, 0.29) is 30.5 Å². The van der Waals surface area contributed by atoms with Gasteiger partial charge in [0.05, 0.1) is 25.9 Å². The van der Waals surface area contributed by atoms with E-state index in [1.807, 2.05) is 24.3 Å². The Morgan fingerprint density at radius 2 is 1.83 bits per heavy atom. The first-order valence-electron chi connectivity index (χ1n) is 8.74. The molecule has 0 unspecified atom stereocenters. The van der Waals surface area contributed by atoms with E-state index in [0.717, 1.165) is 23.4 Å². The predicted molar refractivity (Wildman–Crippen MR) is 118 cm³/mol. The Balaban J connectivity index is 0.00000420. The zero-order valence-corrected chi connectivity index (χ0v) is 18.6. The fourth-order valence-electron chi connectivity index (χ4n) is 2.51. The van der Waals surface area contributed by atoms with Crippen LogP contribution in [0.1, 0.15) is 16.7 Å². The third kappa shape index (κ3) is 8.48. The van der Waals surface area contributed by atoms with Gasteiger partial charge >= 0.3 is 6.18 Å². The largest absolute Gasteiger partial charge is 0.496 e. The third-order valence-corrected chi connectivity index (χ3v) is 3.93. The second kappa shape index (κ2) is 12.5. The van der Waals surface area contributed by atoms with Crippen molar-refractivity contribution in [2.24, 2.45) is 4.99 Å². The minimum absolute atomic E-state index is 0. The van der Waals surface area contributed by atoms with E-state index in [1.165, 1.54) is 6.07 Å². The highest BCUT2D eigenvalue weighted by Crippen LogP contribution is 2.29. The van der Waals surface area contributed by atoms with Crippen molar-refractivity contribution < 1.29 is 22.6 Å². The maximum Gasteiger partial charge on any atom is 0.416 e. The van der Waals surface area contributed by atoms with Crippen molar-refractivity contribution in [3.05, 3.63) is 65.2 Å². The van der Waals surface area contributed by atoms with Crippen molar-refractivity contribution in [1.82, 2.24) is 10.6 Å². The molecule has 0 aliphatic carbocycles. The van der Waals surface area contributed by atoms with Gasteiger partial charge in [0.15, 0.2) is 5.96 Å². The van der Waals surface area contributed by atoms with Crippen LogP contribution in [0, 0.1) is 0 Å². The van der Waals surface area contributed by atoms with Crippen LogP contribution in [0.3, 0.4) is 0 Å². The molecule has 2 N–H and O–H groups in total. The molecule has 0 saturated heterocycles. The van der Waals surface area contributed by atoms with Crippen molar-refractivity contribution in [3.8, 4) is 5.75 Å². The topological polar surface area (TPSA) is 54.9 Å². The lowest BCUT2D eigenvalue weighted by molar-refractivity contribution is -0.137. The van der Waals surface area contributed by atoms with Crippen LogP contribution >= 0.6 is 24.0 Å². The minimum atomic E-state index is -4.35. The number of guanidine groups is 1. The van der Waals surface area contributed by atoms with Gasteiger partial charge in [0, 0.05) is 25.7 Å². The van der Waals surface area contributed by atoms with E-state index in [2.05, 4.69) is 15.6 Å². The number of alkyl halides is 3. The van der Waals surface area contributed by atoms with Crippen LogP contribution in [0.2, 0.25) is 0 Å². The van der Waals surface area contributed by atoms with E-state index in [4.69, 9.17) is 9.47 Å². The molecule has 0 aromatic heterocycles. The Bertz CT molecular complexity index is 786. The first-order chi connectivity index (χ1) is 13.4. The molecule has 0 aliphatic heterocycles. The Kier molecular flexibility index (Phi) is 10.8. The summed E-state index contributed by atoms with van der Waals surface area (Å²) < 4.78 is 49.2. The summed E-state index contributed by atoms with van der Waals surface area (Å²) in [5.74, 6) is 1.26. The molecule has 0 saturated carbocycles. The summed E-state index contributed by atoms with van der Waals surface area (Å²) in [5.41, 5.74) is 0.807. The normalized spacial score (nSPS) is 11.6. The molecule has 9 heteroatoms. The van der Waals surface area contributed by atoms with Crippen LogP contribution in [0.5, 0.6) is 5.75 Å². The number of para-hydroxylation sites is 1. The van der Waals surface area contributed by atoms with Gasteiger partial charge in [0.2, 0.25) is 0 Å². The van der Waals surface area contributed by atoms with E-state index >= 15 is 0 Å². The lowest BCUT2D eigenvalue weighted by atomic mass is 10.1. The van der Waals surface area contributed by atoms with Gasteiger partial charge in [-0.25, -0.2) is 0 Å². The highest BCUT2D eigenvalue weighted by Gasteiger charge is 2.30. The fourth-order valence-corrected chi connectivity index (χ4v) is 2.51. The monoisotopic (exact) mass is 523 g/mol. The highest BCUT2D eigenvalue weighted by molar-refractivity contribution is 14.0. The van der Waals surface area contributed by atoms with Gasteiger partial charge in [-0.3, -0.25) is 4.99 Å². The Morgan fingerprint density at radius 1 is 1.07 bits per heavy atom. The lowest BCUT2D eigenvalue weighted by Gasteiger charge is -2.14. The maximum absolute atomic E-state index is 12.8. The molecule has 0 radical (unpaired) electrons. The molecule has 29 heavy (non-hydrogen) atoms. The summed E-state index contributed by atoms with van der Waals surface area (Å²) in [5, 5.41) is 6.05. The number of benzene rings is 2. The first-order valence-corrected chi connectivity index (χ1v) is 8.74. The van der Waals surface area contributed by atoms with Crippen LogP contribution in [0.25, 0.3) is 0 Å². The van der Waals surface area contributed by atoms with Crippen LogP contribution in [-0.4, -0.2) is 33.3 Å². The van der Waals surface area contributed by atoms with Gasteiger partial charge in [-0.1, -0.05) is 30.3 Å². The molecule has 2 aromatic carbocycles. The number of nitrogens with zero attached hydrogens (tertiary/aromatic N) is 1. The molecule has 0 heterocycles. The van der Waals surface area contributed by atoms with Gasteiger partial charge < -0.3 is 20.1 Å². The molecule has 5 nitrogen and oxygen atoms in total. The number of halogens is 4. The average molecular weight is 523 g/mol. The zero-order chi connectivity index (χ0) is 20.4. The summed E-state index contributed by atoms with van der Waals surface area (Å²) in [6.07, 6.45) is -4.35. The predicted octanol–water partition coefficient (Wildman–Crippen LogP) is 4.21. The summed E-state index contributed by atoms with van der Waals surface area (Å²) in [7, 11) is 3.21. The molecule has 0 atom stereocenters. The number of rotatable bonds is 8. The second-order valence-corrected chi connectivity index (χ2v) is 5.92. The van der Waals surface area contributed by atoms with Crippen LogP contribution in [0.4, 0.5) is 13.2 Å². The second-order valence-electron chi connectivity index (χ2n) is 5.92. The SMILES string of the molecule is CN=C(NCCOCc1ccccc1OC)NCc1cccc(C(F)(F)F)c1.I. The van der Waals surface area contributed by atoms with Crippen molar-refractivity contribution in [1.29, 1.82) is 0 Å². The fraction of sp³-hybridized carbons (Fsp3) is 0.350. The summed E-state index contributed by atoms with van der Waals surface area (Å²) in [6.45, 7) is 1.58. The highest BCUT2D eigenvalue weighted by atomic mass is 127. The van der Waals surface area contributed by atoms with Crippen LogP contribution in [0.15, 0.2) is 53.5 Å². The Labute approximate surface area is 185 Å². The van der Waals surface area contributed by atoms with Gasteiger partial charge in [-0.15, -0.1) is 24.0 Å². The Morgan fingerprint density at radius 3 is 2.52 bits per heavy atom. The van der Waals surface area contributed by atoms with Crippen molar-refractivity contribution >= 4 is 29.9 Å². The van der Waals surface area contributed by atoms with Crippen LogP contribution in [-0.2, 0) is 24.1 Å². The van der Waals surface area contributed by atoms with Crippen LogP contribution < -0.4 is 15.4 Å². The molecular weight excluding hydrogens is 498 g/mol. The van der Waals surface area contributed by atoms with Crippen molar-refractivity contribution in [2.75, 3.05) is 27.3 Å². The first kappa shape index (κ1) is 25.0. The third-order valence-electron chi connectivity index (χ3n) is 3.93.